The van der Waals surface area contributed by atoms with Gasteiger partial charge in [0.05, 0.1) is 30.5 Å². The minimum absolute atomic E-state index is 0.312. The monoisotopic (exact) mass is 409 g/mol. The smallest absolute Gasteiger partial charge is 0.415 e. The van der Waals surface area contributed by atoms with E-state index in [-0.39, 0.29) is 5.82 Å². The number of carbonyl (C=O) groups excluding carboxylic acids is 1. The predicted octanol–water partition coefficient (Wildman–Crippen LogP) is 3.13. The Morgan fingerprint density at radius 1 is 1.30 bits per heavy atom. The van der Waals surface area contributed by atoms with Gasteiger partial charge in [-0.3, -0.25) is 4.90 Å². The largest absolute Gasteiger partial charge is 0.494 e. The van der Waals surface area contributed by atoms with Crippen molar-refractivity contribution < 1.29 is 18.7 Å². The molecule has 2 saturated heterocycles. The van der Waals surface area contributed by atoms with Crippen LogP contribution in [0.25, 0.3) is 10.9 Å². The van der Waals surface area contributed by atoms with Gasteiger partial charge >= 0.3 is 6.09 Å². The molecule has 2 aliphatic heterocycles. The Kier molecular flexibility index (Phi) is 4.21. The van der Waals surface area contributed by atoms with Crippen LogP contribution in [0.15, 0.2) is 36.7 Å². The highest BCUT2D eigenvalue weighted by molar-refractivity contribution is 6.00. The molecule has 9 heteroatoms. The molecule has 2 aliphatic rings. The van der Waals surface area contributed by atoms with Crippen LogP contribution in [-0.2, 0) is 4.74 Å². The van der Waals surface area contributed by atoms with Gasteiger partial charge in [0.15, 0.2) is 5.60 Å². The van der Waals surface area contributed by atoms with E-state index in [1.54, 1.807) is 42.2 Å². The van der Waals surface area contributed by atoms with E-state index < -0.39 is 11.7 Å². The second-order valence-corrected chi connectivity index (χ2v) is 7.57. The number of hydrogen-bond donors (Lipinski definition) is 2. The van der Waals surface area contributed by atoms with Crippen molar-refractivity contribution in [2.45, 2.75) is 12.5 Å². The molecule has 1 spiro atoms. The van der Waals surface area contributed by atoms with Crippen LogP contribution in [0.5, 0.6) is 5.75 Å². The molecule has 0 atom stereocenters. The van der Waals surface area contributed by atoms with E-state index >= 15 is 0 Å². The van der Waals surface area contributed by atoms with E-state index in [2.05, 4.69) is 20.6 Å². The number of methoxy groups -OCH3 is 1. The van der Waals surface area contributed by atoms with Gasteiger partial charge in [-0.15, -0.1) is 0 Å². The molecule has 2 fully saturated rings. The number of benzene rings is 2. The summed E-state index contributed by atoms with van der Waals surface area (Å²) in [6, 6.07) is 8.63. The number of ether oxygens (including phenoxy) is 2. The lowest BCUT2D eigenvalue weighted by Crippen LogP contribution is -2.61. The lowest BCUT2D eigenvalue weighted by Gasteiger charge is -2.36. The maximum absolute atomic E-state index is 14.5. The van der Waals surface area contributed by atoms with Crippen LogP contribution in [0.2, 0.25) is 0 Å². The molecule has 30 heavy (non-hydrogen) atoms. The van der Waals surface area contributed by atoms with E-state index in [0.717, 1.165) is 0 Å². The molecule has 0 bridgehead atoms. The summed E-state index contributed by atoms with van der Waals surface area (Å²) in [4.78, 5) is 22.7. The molecule has 0 aliphatic carbocycles. The third-order valence-corrected chi connectivity index (χ3v) is 5.54. The van der Waals surface area contributed by atoms with Gasteiger partial charge in [-0.25, -0.2) is 19.2 Å². The van der Waals surface area contributed by atoms with E-state index in [0.29, 0.717) is 59.0 Å². The summed E-state index contributed by atoms with van der Waals surface area (Å²) >= 11 is 0. The van der Waals surface area contributed by atoms with Crippen LogP contribution in [0.1, 0.15) is 5.56 Å². The second kappa shape index (κ2) is 6.81. The number of nitrogens with one attached hydrogen (secondary N) is 2. The van der Waals surface area contributed by atoms with Crippen LogP contribution in [0, 0.1) is 12.7 Å². The molecule has 3 heterocycles. The molecule has 0 radical (unpaired) electrons. The minimum Gasteiger partial charge on any atom is -0.494 e. The zero-order valence-electron chi connectivity index (χ0n) is 16.5. The lowest BCUT2D eigenvalue weighted by molar-refractivity contribution is 0.0142. The van der Waals surface area contributed by atoms with Gasteiger partial charge in [0, 0.05) is 24.5 Å². The maximum atomic E-state index is 14.5. The van der Waals surface area contributed by atoms with Crippen LogP contribution < -0.4 is 20.3 Å². The molecular formula is C21H20FN5O3. The summed E-state index contributed by atoms with van der Waals surface area (Å²) in [6.45, 7) is 3.36. The van der Waals surface area contributed by atoms with Gasteiger partial charge in [0.25, 0.3) is 0 Å². The third kappa shape index (κ3) is 2.89. The first-order valence-corrected chi connectivity index (χ1v) is 9.56. The Labute approximate surface area is 172 Å². The normalized spacial score (nSPS) is 17.2. The van der Waals surface area contributed by atoms with Gasteiger partial charge in [-0.2, -0.15) is 0 Å². The second-order valence-electron chi connectivity index (χ2n) is 7.57. The minimum atomic E-state index is -0.504. The fourth-order valence-corrected chi connectivity index (χ4v) is 3.81. The van der Waals surface area contributed by atoms with Crippen molar-refractivity contribution in [3.63, 3.8) is 0 Å². The van der Waals surface area contributed by atoms with Crippen molar-refractivity contribution >= 4 is 34.2 Å². The fourth-order valence-electron chi connectivity index (χ4n) is 3.81. The Hall–Kier alpha value is -3.46. The Morgan fingerprint density at radius 2 is 2.13 bits per heavy atom. The number of aromatic nitrogens is 2. The van der Waals surface area contributed by atoms with Crippen molar-refractivity contribution in [2.24, 2.45) is 0 Å². The number of carbonyl (C=O) groups is 1. The SMILES string of the molecule is COc1cc2ncnc(Nc3cccc(C)c3F)c2cc1N1CC2(CNC2)OC1=O. The topological polar surface area (TPSA) is 88.6 Å². The zero-order valence-corrected chi connectivity index (χ0v) is 16.5. The number of anilines is 3. The van der Waals surface area contributed by atoms with Crippen LogP contribution in [0.4, 0.5) is 26.4 Å². The molecule has 0 saturated carbocycles. The lowest BCUT2D eigenvalue weighted by atomic mass is 9.97. The maximum Gasteiger partial charge on any atom is 0.415 e. The summed E-state index contributed by atoms with van der Waals surface area (Å²) in [5.41, 5.74) is 1.50. The number of fused-ring (bicyclic) bond motifs is 1. The molecular weight excluding hydrogens is 389 g/mol. The van der Waals surface area contributed by atoms with Crippen molar-refractivity contribution in [1.82, 2.24) is 15.3 Å². The molecule has 1 aromatic heterocycles. The van der Waals surface area contributed by atoms with E-state index in [1.165, 1.54) is 13.4 Å². The summed E-state index contributed by atoms with van der Waals surface area (Å²) in [6.07, 6.45) is 0.974. The summed E-state index contributed by atoms with van der Waals surface area (Å²) in [7, 11) is 1.54. The van der Waals surface area contributed by atoms with Gasteiger partial charge in [-0.1, -0.05) is 12.1 Å². The number of hydrogen-bond acceptors (Lipinski definition) is 7. The van der Waals surface area contributed by atoms with Crippen molar-refractivity contribution in [3.8, 4) is 5.75 Å². The predicted molar refractivity (Wildman–Crippen MR) is 110 cm³/mol. The van der Waals surface area contributed by atoms with Gasteiger partial charge in [-0.05, 0) is 24.6 Å². The van der Waals surface area contributed by atoms with E-state index in [1.807, 2.05) is 0 Å². The van der Waals surface area contributed by atoms with Crippen LogP contribution in [-0.4, -0.2) is 48.4 Å². The van der Waals surface area contributed by atoms with E-state index in [9.17, 15) is 9.18 Å². The van der Waals surface area contributed by atoms with Crippen molar-refractivity contribution in [3.05, 3.63) is 48.0 Å². The molecule has 0 unspecified atom stereocenters. The highest BCUT2D eigenvalue weighted by Gasteiger charge is 2.50. The quantitative estimate of drug-likeness (QED) is 0.684. The first-order chi connectivity index (χ1) is 14.5. The molecule has 8 nitrogen and oxygen atoms in total. The highest BCUT2D eigenvalue weighted by Crippen LogP contribution is 2.39. The number of halogens is 1. The van der Waals surface area contributed by atoms with Crippen LogP contribution >= 0.6 is 0 Å². The number of aryl methyl sites for hydroxylation is 1. The molecule has 1 amide bonds. The Morgan fingerprint density at radius 3 is 2.83 bits per heavy atom. The third-order valence-electron chi connectivity index (χ3n) is 5.54. The van der Waals surface area contributed by atoms with Gasteiger partial charge in [0.2, 0.25) is 0 Å². The summed E-state index contributed by atoms with van der Waals surface area (Å²) < 4.78 is 25.6. The molecule has 154 valence electrons. The molecule has 2 aromatic carbocycles. The van der Waals surface area contributed by atoms with Crippen molar-refractivity contribution in [1.29, 1.82) is 0 Å². The highest BCUT2D eigenvalue weighted by atomic mass is 19.1. The van der Waals surface area contributed by atoms with Gasteiger partial charge in [0.1, 0.15) is 23.7 Å². The first kappa shape index (κ1) is 18.6. The standard InChI is InChI=1S/C21H20FN5O3/c1-12-4-3-5-14(18(12)22)26-19-13-6-16(17(29-2)7-15(13)24-11-25-19)27-10-21(8-23-9-21)30-20(27)28/h3-7,11,23H,8-10H2,1-2H3,(H,24,25,26). The Bertz CT molecular complexity index is 1160. The summed E-state index contributed by atoms with van der Waals surface area (Å²) in [5, 5.41) is 6.82. The molecule has 5 rings (SSSR count). The average Bonchev–Trinajstić information content (AvgIpc) is 3.08. The number of nitrogens with zero attached hydrogens (tertiary/aromatic N) is 3. The fraction of sp³-hybridized carbons (Fsp3) is 0.286. The van der Waals surface area contributed by atoms with E-state index in [4.69, 9.17) is 9.47 Å². The van der Waals surface area contributed by atoms with Gasteiger partial charge < -0.3 is 20.1 Å². The first-order valence-electron chi connectivity index (χ1n) is 9.56. The number of amides is 1. The molecule has 3 aromatic rings. The summed E-state index contributed by atoms with van der Waals surface area (Å²) in [5.74, 6) is 0.580. The van der Waals surface area contributed by atoms with Crippen molar-refractivity contribution in [2.75, 3.05) is 37.0 Å². The zero-order chi connectivity index (χ0) is 20.9. The molecule has 2 N–H and O–H groups in total. The van der Waals surface area contributed by atoms with Crippen LogP contribution in [0.3, 0.4) is 0 Å². The number of rotatable bonds is 4. The Balaban J connectivity index is 1.59. The average molecular weight is 409 g/mol.